The van der Waals surface area contributed by atoms with Crippen LogP contribution in [0.15, 0.2) is 82.0 Å². The third kappa shape index (κ3) is 10.1. The van der Waals surface area contributed by atoms with Gasteiger partial charge in [0.25, 0.3) is 0 Å². The molecule has 20 heteroatoms. The zero-order valence-corrected chi connectivity index (χ0v) is 30.4. The van der Waals surface area contributed by atoms with Gasteiger partial charge in [0, 0.05) is 23.8 Å². The van der Waals surface area contributed by atoms with E-state index in [4.69, 9.17) is 37.9 Å². The predicted molar refractivity (Wildman–Crippen MR) is 195 cm³/mol. The first kappa shape index (κ1) is 42.5. The molecule has 10 unspecified atom stereocenters. The Balaban J connectivity index is 1.28. The van der Waals surface area contributed by atoms with Crippen molar-refractivity contribution in [1.82, 2.24) is 0 Å². The molecule has 10 atom stereocenters. The lowest BCUT2D eigenvalue weighted by Crippen LogP contribution is -2.60. The number of phenols is 2. The van der Waals surface area contributed by atoms with Gasteiger partial charge in [0.2, 0.25) is 12.6 Å². The first-order valence-corrected chi connectivity index (χ1v) is 17.7. The number of aromatic hydroxyl groups is 2. The molecular formula is C39H38O20. The quantitative estimate of drug-likeness (QED) is 0.0465. The number of rotatable bonds is 13. The number of aliphatic carboxylic acids is 1. The van der Waals surface area contributed by atoms with Crippen molar-refractivity contribution < 1.29 is 93.2 Å². The average Bonchev–Trinajstić information content (AvgIpc) is 3.20. The van der Waals surface area contributed by atoms with E-state index in [-0.39, 0.29) is 45.6 Å². The summed E-state index contributed by atoms with van der Waals surface area (Å²) in [6.45, 7) is -1.38. The summed E-state index contributed by atoms with van der Waals surface area (Å²) in [5, 5.41) is 92.4. The molecule has 3 heterocycles. The first-order valence-electron chi connectivity index (χ1n) is 17.7. The van der Waals surface area contributed by atoms with Crippen LogP contribution in [0.1, 0.15) is 12.0 Å². The number of phenolic OH excluding ortho intramolecular Hbond substituents is 2. The number of ether oxygens (including phenoxy) is 6. The van der Waals surface area contributed by atoms with Gasteiger partial charge in [0.1, 0.15) is 91.5 Å². The van der Waals surface area contributed by atoms with Crippen LogP contribution in [0, 0.1) is 0 Å². The van der Waals surface area contributed by atoms with E-state index in [1.54, 1.807) is 12.1 Å². The molecular weight excluding hydrogens is 788 g/mol. The molecule has 2 fully saturated rings. The van der Waals surface area contributed by atoms with Crippen LogP contribution in [-0.2, 0) is 33.3 Å². The molecule has 0 radical (unpaired) electrons. The van der Waals surface area contributed by atoms with Gasteiger partial charge in [-0.25, -0.2) is 4.79 Å². The van der Waals surface area contributed by atoms with Crippen LogP contribution < -0.4 is 14.9 Å². The first-order chi connectivity index (χ1) is 28.1. The molecule has 20 nitrogen and oxygen atoms in total. The zero-order valence-electron chi connectivity index (χ0n) is 30.4. The Hall–Kier alpha value is -6.10. The molecule has 2 aromatic carbocycles. The van der Waals surface area contributed by atoms with Crippen LogP contribution in [0.5, 0.6) is 23.0 Å². The number of aliphatic hydroxyl groups excluding tert-OH is 6. The molecule has 0 saturated carbocycles. The molecule has 1 aliphatic carbocycles. The summed E-state index contributed by atoms with van der Waals surface area (Å²) in [7, 11) is 0. The Morgan fingerprint density at radius 3 is 1.78 bits per heavy atom. The Labute approximate surface area is 332 Å². The monoisotopic (exact) mass is 826 g/mol. The SMILES string of the molecule is O=C(O)CC(=O)OCC1OC(Oc2cc(=O)cc3oc(-c4ccc(O)cc4)c(OC4OC(COC(=O)C=Cc5ccc(O)cc5)C(O)C(O)C4O)cc2-3)C(O)C(O)C1O. The molecule has 0 spiro atoms. The standard InChI is InChI=1S/C39H38O20/c40-19-6-1-17(2-7-19)3-10-29(45)53-15-26-31(47)34(50)36(52)39(59-26)57-25-13-22-23(55-37(25)18-4-8-20(41)9-5-18)11-21(42)12-24(22)56-38-35(51)33(49)32(48)27(58-38)16-54-30(46)14-28(43)44/h1-13,26-27,31-36,38-41,47-52H,14-16H2,(H,43,44). The molecule has 0 bridgehead atoms. The fraction of sp³-hybridized carbons (Fsp3) is 0.333. The molecule has 0 amide bonds. The minimum atomic E-state index is -1.96. The number of hydrogen-bond acceptors (Lipinski definition) is 19. The van der Waals surface area contributed by atoms with E-state index in [2.05, 4.69) is 0 Å². The van der Waals surface area contributed by atoms with Gasteiger partial charge in [-0.1, -0.05) is 12.1 Å². The Bertz CT molecular complexity index is 2170. The van der Waals surface area contributed by atoms with Crippen molar-refractivity contribution in [2.45, 2.75) is 67.8 Å². The van der Waals surface area contributed by atoms with Crippen molar-refractivity contribution in [1.29, 1.82) is 0 Å². The molecule has 3 aliphatic heterocycles. The number of fused-ring (bicyclic) bond motifs is 1. The summed E-state index contributed by atoms with van der Waals surface area (Å²) in [5.41, 5.74) is 0.0646. The molecule has 9 N–H and O–H groups in total. The number of carboxylic acid groups (broad SMARTS) is 1. The maximum absolute atomic E-state index is 12.9. The second-order valence-electron chi connectivity index (χ2n) is 13.4. The van der Waals surface area contributed by atoms with Gasteiger partial charge in [0.05, 0.1) is 5.56 Å². The lowest BCUT2D eigenvalue weighted by Gasteiger charge is -2.40. The van der Waals surface area contributed by atoms with E-state index in [1.807, 2.05) is 0 Å². The lowest BCUT2D eigenvalue weighted by atomic mass is 9.99. The molecule has 2 aromatic rings. The van der Waals surface area contributed by atoms with Crippen LogP contribution in [0.3, 0.4) is 0 Å². The fourth-order valence-electron chi connectivity index (χ4n) is 6.02. The Kier molecular flexibility index (Phi) is 13.1. The van der Waals surface area contributed by atoms with Crippen LogP contribution in [-0.4, -0.2) is 138 Å². The van der Waals surface area contributed by atoms with E-state index in [0.717, 1.165) is 18.2 Å². The summed E-state index contributed by atoms with van der Waals surface area (Å²) in [4.78, 5) is 48.0. The van der Waals surface area contributed by atoms with Gasteiger partial charge in [-0.3, -0.25) is 14.4 Å². The van der Waals surface area contributed by atoms with Crippen molar-refractivity contribution in [3.8, 4) is 45.6 Å². The maximum Gasteiger partial charge on any atom is 0.330 e. The van der Waals surface area contributed by atoms with E-state index in [0.29, 0.717) is 5.56 Å². The second-order valence-corrected chi connectivity index (χ2v) is 13.4. The fourth-order valence-corrected chi connectivity index (χ4v) is 6.02. The molecule has 2 saturated heterocycles. The number of carbonyl (C=O) groups is 3. The number of aliphatic hydroxyl groups is 6. The van der Waals surface area contributed by atoms with Crippen LogP contribution in [0.4, 0.5) is 0 Å². The summed E-state index contributed by atoms with van der Waals surface area (Å²) in [5.74, 6) is -4.51. The number of carboxylic acids is 1. The third-order valence-corrected chi connectivity index (χ3v) is 9.14. The predicted octanol–water partition coefficient (Wildman–Crippen LogP) is -0.530. The third-order valence-electron chi connectivity index (χ3n) is 9.14. The van der Waals surface area contributed by atoms with E-state index in [9.17, 15) is 60.0 Å². The van der Waals surface area contributed by atoms with Gasteiger partial charge in [-0.2, -0.15) is 0 Å². The van der Waals surface area contributed by atoms with Crippen molar-refractivity contribution in [3.63, 3.8) is 0 Å². The highest BCUT2D eigenvalue weighted by Gasteiger charge is 2.47. The summed E-state index contributed by atoms with van der Waals surface area (Å²) in [6, 6.07) is 14.6. The second kappa shape index (κ2) is 18.2. The highest BCUT2D eigenvalue weighted by Crippen LogP contribution is 2.43. The van der Waals surface area contributed by atoms with E-state index >= 15 is 0 Å². The van der Waals surface area contributed by atoms with Gasteiger partial charge in [0.15, 0.2) is 16.9 Å². The van der Waals surface area contributed by atoms with E-state index in [1.165, 1.54) is 48.5 Å². The van der Waals surface area contributed by atoms with Crippen molar-refractivity contribution in [2.24, 2.45) is 0 Å². The molecule has 59 heavy (non-hydrogen) atoms. The average molecular weight is 827 g/mol. The lowest BCUT2D eigenvalue weighted by molar-refractivity contribution is -0.278. The van der Waals surface area contributed by atoms with E-state index < -0.39 is 104 Å². The summed E-state index contributed by atoms with van der Waals surface area (Å²) >= 11 is 0. The highest BCUT2D eigenvalue weighted by molar-refractivity contribution is 5.90. The minimum Gasteiger partial charge on any atom is -0.508 e. The summed E-state index contributed by atoms with van der Waals surface area (Å²) < 4.78 is 39.3. The van der Waals surface area contributed by atoms with Crippen LogP contribution >= 0.6 is 0 Å². The Morgan fingerprint density at radius 2 is 1.20 bits per heavy atom. The van der Waals surface area contributed by atoms with Crippen LogP contribution in [0.2, 0.25) is 0 Å². The van der Waals surface area contributed by atoms with Gasteiger partial charge in [-0.05, 0) is 54.1 Å². The van der Waals surface area contributed by atoms with Gasteiger partial charge < -0.3 is 78.8 Å². The number of esters is 2. The van der Waals surface area contributed by atoms with Gasteiger partial charge >= 0.3 is 17.9 Å². The molecule has 4 aliphatic rings. The van der Waals surface area contributed by atoms with Crippen molar-refractivity contribution in [3.05, 3.63) is 88.6 Å². The van der Waals surface area contributed by atoms with Crippen molar-refractivity contribution >= 4 is 24.0 Å². The highest BCUT2D eigenvalue weighted by atomic mass is 16.7. The zero-order chi connectivity index (χ0) is 42.5. The smallest absolute Gasteiger partial charge is 0.330 e. The summed E-state index contributed by atoms with van der Waals surface area (Å²) in [6.07, 6.45) is -16.5. The molecule has 6 rings (SSSR count). The number of benzene rings is 3. The van der Waals surface area contributed by atoms with Gasteiger partial charge in [-0.15, -0.1) is 0 Å². The van der Waals surface area contributed by atoms with Crippen LogP contribution in [0.25, 0.3) is 28.7 Å². The Morgan fingerprint density at radius 1 is 0.661 bits per heavy atom. The molecule has 314 valence electrons. The normalized spacial score (nSPS) is 26.9. The largest absolute Gasteiger partial charge is 0.508 e. The van der Waals surface area contributed by atoms with Crippen molar-refractivity contribution in [2.75, 3.05) is 13.2 Å². The topological polar surface area (TPSA) is 319 Å². The molecule has 0 aromatic heterocycles. The minimum absolute atomic E-state index is 0.0218. The number of carbonyl (C=O) groups excluding carboxylic acids is 2. The number of hydrogen-bond donors (Lipinski definition) is 9. The maximum atomic E-state index is 12.9.